The highest BCUT2D eigenvalue weighted by Gasteiger charge is 2.13. The number of carbonyl (C=O) groups excluding carboxylic acids is 1. The van der Waals surface area contributed by atoms with E-state index in [1.54, 1.807) is 20.2 Å². The Kier molecular flexibility index (Phi) is 5.74. The lowest BCUT2D eigenvalue weighted by Crippen LogP contribution is -2.33. The molecule has 0 aromatic heterocycles. The van der Waals surface area contributed by atoms with E-state index < -0.39 is 6.10 Å². The van der Waals surface area contributed by atoms with Gasteiger partial charge in [-0.15, -0.1) is 0 Å². The molecule has 2 rings (SSSR count). The van der Waals surface area contributed by atoms with Crippen LogP contribution in [-0.2, 0) is 4.79 Å². The number of amides is 1. The second kappa shape index (κ2) is 7.98. The minimum atomic E-state index is -0.634. The summed E-state index contributed by atoms with van der Waals surface area (Å²) in [4.78, 5) is 12.0. The Hall–Kier alpha value is -2.82. The summed E-state index contributed by atoms with van der Waals surface area (Å²) in [6, 6.07) is 14.9. The van der Waals surface area contributed by atoms with Crippen LogP contribution in [0.1, 0.15) is 18.1 Å². The van der Waals surface area contributed by atoms with E-state index in [0.29, 0.717) is 5.75 Å². The molecule has 1 unspecified atom stereocenters. The monoisotopic (exact) mass is 312 g/mol. The van der Waals surface area contributed by atoms with Crippen molar-refractivity contribution in [1.82, 2.24) is 5.43 Å². The smallest absolute Gasteiger partial charge is 0.280 e. The molecule has 0 heterocycles. The van der Waals surface area contributed by atoms with E-state index in [1.165, 1.54) is 0 Å². The van der Waals surface area contributed by atoms with Gasteiger partial charge in [-0.1, -0.05) is 12.1 Å². The minimum Gasteiger partial charge on any atom is -0.497 e. The summed E-state index contributed by atoms with van der Waals surface area (Å²) in [5.74, 6) is 1.12. The Labute approximate surface area is 135 Å². The number of hydrazone groups is 1. The summed E-state index contributed by atoms with van der Waals surface area (Å²) in [6.07, 6.45) is 0.932. The average Bonchev–Trinajstić information content (AvgIpc) is 2.55. The lowest BCUT2D eigenvalue weighted by molar-refractivity contribution is -0.127. The fraction of sp³-hybridized carbons (Fsp3) is 0.222. The van der Waals surface area contributed by atoms with Crippen LogP contribution in [0, 0.1) is 6.92 Å². The molecule has 1 N–H and O–H groups in total. The normalized spacial score (nSPS) is 12.0. The number of carbonyl (C=O) groups is 1. The van der Waals surface area contributed by atoms with Crippen LogP contribution in [0.3, 0.4) is 0 Å². The predicted molar refractivity (Wildman–Crippen MR) is 90.0 cm³/mol. The van der Waals surface area contributed by atoms with E-state index in [0.717, 1.165) is 16.9 Å². The molecule has 2 aromatic carbocycles. The second-order valence-corrected chi connectivity index (χ2v) is 5.08. The fourth-order valence-corrected chi connectivity index (χ4v) is 1.90. The highest BCUT2D eigenvalue weighted by atomic mass is 16.5. The van der Waals surface area contributed by atoms with Gasteiger partial charge in [0, 0.05) is 0 Å². The number of aryl methyl sites for hydroxylation is 1. The predicted octanol–water partition coefficient (Wildman–Crippen LogP) is 2.92. The number of nitrogens with one attached hydrogen (secondary N) is 1. The fourth-order valence-electron chi connectivity index (χ4n) is 1.90. The van der Waals surface area contributed by atoms with Gasteiger partial charge in [-0.25, -0.2) is 5.43 Å². The molecule has 5 nitrogen and oxygen atoms in total. The maximum absolute atomic E-state index is 12.0. The van der Waals surface area contributed by atoms with Crippen molar-refractivity contribution in [3.63, 3.8) is 0 Å². The molecule has 5 heteroatoms. The third-order valence-corrected chi connectivity index (χ3v) is 3.18. The van der Waals surface area contributed by atoms with Crippen molar-refractivity contribution < 1.29 is 14.3 Å². The summed E-state index contributed by atoms with van der Waals surface area (Å²) in [5, 5.41) is 3.93. The lowest BCUT2D eigenvalue weighted by atomic mass is 10.2. The number of hydrogen-bond donors (Lipinski definition) is 1. The Bertz CT molecular complexity index is 681. The summed E-state index contributed by atoms with van der Waals surface area (Å²) >= 11 is 0. The second-order valence-electron chi connectivity index (χ2n) is 5.08. The van der Waals surface area contributed by atoms with E-state index >= 15 is 0 Å². The first-order valence-corrected chi connectivity index (χ1v) is 7.29. The molecule has 0 radical (unpaired) electrons. The van der Waals surface area contributed by atoms with Gasteiger partial charge >= 0.3 is 0 Å². The molecular formula is C18H20N2O3. The Balaban J connectivity index is 1.86. The zero-order chi connectivity index (χ0) is 16.7. The minimum absolute atomic E-state index is 0.309. The SMILES string of the molecule is COc1ccc(/C=N/NC(=O)C(C)Oc2cccc(C)c2)cc1. The molecule has 0 aliphatic carbocycles. The first-order chi connectivity index (χ1) is 11.1. The molecule has 0 aliphatic heterocycles. The first kappa shape index (κ1) is 16.5. The van der Waals surface area contributed by atoms with Gasteiger partial charge in [-0.2, -0.15) is 5.10 Å². The third-order valence-electron chi connectivity index (χ3n) is 3.18. The summed E-state index contributed by atoms with van der Waals surface area (Å²) in [7, 11) is 1.61. The average molecular weight is 312 g/mol. The topological polar surface area (TPSA) is 59.9 Å². The lowest BCUT2D eigenvalue weighted by Gasteiger charge is -2.13. The highest BCUT2D eigenvalue weighted by Crippen LogP contribution is 2.14. The van der Waals surface area contributed by atoms with Gasteiger partial charge < -0.3 is 9.47 Å². The largest absolute Gasteiger partial charge is 0.497 e. The zero-order valence-electron chi connectivity index (χ0n) is 13.4. The molecule has 0 fully saturated rings. The molecular weight excluding hydrogens is 292 g/mol. The standard InChI is InChI=1S/C18H20N2O3/c1-13-5-4-6-17(11-13)23-14(2)18(21)20-19-12-15-7-9-16(22-3)10-8-15/h4-12,14H,1-3H3,(H,20,21)/b19-12+. The van der Waals surface area contributed by atoms with Gasteiger partial charge in [0.15, 0.2) is 6.10 Å². The summed E-state index contributed by atoms with van der Waals surface area (Å²) < 4.78 is 10.7. The zero-order valence-corrected chi connectivity index (χ0v) is 13.4. The van der Waals surface area contributed by atoms with Crippen molar-refractivity contribution in [2.75, 3.05) is 7.11 Å². The number of benzene rings is 2. The van der Waals surface area contributed by atoms with E-state index in [1.807, 2.05) is 55.5 Å². The van der Waals surface area contributed by atoms with Crippen LogP contribution < -0.4 is 14.9 Å². The number of ether oxygens (including phenoxy) is 2. The van der Waals surface area contributed by atoms with Crippen molar-refractivity contribution >= 4 is 12.1 Å². The van der Waals surface area contributed by atoms with Crippen LogP contribution in [0.15, 0.2) is 53.6 Å². The third kappa shape index (κ3) is 5.14. The quantitative estimate of drug-likeness (QED) is 0.659. The van der Waals surface area contributed by atoms with E-state index in [2.05, 4.69) is 10.5 Å². The molecule has 0 bridgehead atoms. The van der Waals surface area contributed by atoms with Crippen molar-refractivity contribution in [2.24, 2.45) is 5.10 Å². The molecule has 1 atom stereocenters. The molecule has 1 amide bonds. The van der Waals surface area contributed by atoms with Gasteiger partial charge in [-0.3, -0.25) is 4.79 Å². The number of hydrogen-bond acceptors (Lipinski definition) is 4. The van der Waals surface area contributed by atoms with Crippen LogP contribution in [0.5, 0.6) is 11.5 Å². The molecule has 0 spiro atoms. The maximum atomic E-state index is 12.0. The Morgan fingerprint density at radius 2 is 1.91 bits per heavy atom. The first-order valence-electron chi connectivity index (χ1n) is 7.29. The van der Waals surface area contributed by atoms with Gasteiger partial charge in [0.1, 0.15) is 11.5 Å². The summed E-state index contributed by atoms with van der Waals surface area (Å²) in [5.41, 5.74) is 4.40. The van der Waals surface area contributed by atoms with Gasteiger partial charge in [0.25, 0.3) is 5.91 Å². The van der Waals surface area contributed by atoms with Crippen LogP contribution in [0.4, 0.5) is 0 Å². The Morgan fingerprint density at radius 1 is 1.17 bits per heavy atom. The molecule has 23 heavy (non-hydrogen) atoms. The number of methoxy groups -OCH3 is 1. The maximum Gasteiger partial charge on any atom is 0.280 e. The Morgan fingerprint density at radius 3 is 2.57 bits per heavy atom. The molecule has 0 aliphatic rings. The van der Waals surface area contributed by atoms with Crippen molar-refractivity contribution in [2.45, 2.75) is 20.0 Å². The van der Waals surface area contributed by atoms with E-state index in [9.17, 15) is 4.79 Å². The van der Waals surface area contributed by atoms with Gasteiger partial charge in [0.05, 0.1) is 13.3 Å². The number of nitrogens with zero attached hydrogens (tertiary/aromatic N) is 1. The molecule has 2 aromatic rings. The van der Waals surface area contributed by atoms with Crippen LogP contribution >= 0.6 is 0 Å². The van der Waals surface area contributed by atoms with Crippen LogP contribution in [0.2, 0.25) is 0 Å². The van der Waals surface area contributed by atoms with Crippen LogP contribution in [-0.4, -0.2) is 25.3 Å². The number of rotatable bonds is 6. The van der Waals surface area contributed by atoms with Crippen molar-refractivity contribution in [1.29, 1.82) is 0 Å². The molecule has 120 valence electrons. The van der Waals surface area contributed by atoms with Gasteiger partial charge in [-0.05, 0) is 61.4 Å². The highest BCUT2D eigenvalue weighted by molar-refractivity contribution is 5.84. The molecule has 0 saturated heterocycles. The molecule has 0 saturated carbocycles. The van der Waals surface area contributed by atoms with Crippen molar-refractivity contribution in [3.8, 4) is 11.5 Å². The van der Waals surface area contributed by atoms with Gasteiger partial charge in [0.2, 0.25) is 0 Å². The van der Waals surface area contributed by atoms with Crippen LogP contribution in [0.25, 0.3) is 0 Å². The summed E-state index contributed by atoms with van der Waals surface area (Å²) in [6.45, 7) is 3.65. The van der Waals surface area contributed by atoms with Crippen molar-refractivity contribution in [3.05, 3.63) is 59.7 Å². The van der Waals surface area contributed by atoms with E-state index in [4.69, 9.17) is 9.47 Å². The van der Waals surface area contributed by atoms with E-state index in [-0.39, 0.29) is 5.91 Å².